The summed E-state index contributed by atoms with van der Waals surface area (Å²) in [6.45, 7) is 1.31. The van der Waals surface area contributed by atoms with E-state index in [1.165, 1.54) is 30.8 Å². The number of para-hydroxylation sites is 2. The number of hydrogen-bond acceptors (Lipinski definition) is 2. The Morgan fingerprint density at radius 1 is 0.667 bits per heavy atom. The lowest BCUT2D eigenvalue weighted by molar-refractivity contribution is -0.138. The molecule has 0 saturated heterocycles. The van der Waals surface area contributed by atoms with Gasteiger partial charge in [-0.1, -0.05) is 24.3 Å². The molecule has 0 amide bonds. The first-order chi connectivity index (χ1) is 11.1. The van der Waals surface area contributed by atoms with Gasteiger partial charge in [0.15, 0.2) is 0 Å². The van der Waals surface area contributed by atoms with Gasteiger partial charge in [-0.15, -0.1) is 0 Å². The summed E-state index contributed by atoms with van der Waals surface area (Å²) in [5.41, 5.74) is -2.02. The minimum atomic E-state index is -4.64. The second-order valence-corrected chi connectivity index (χ2v) is 6.07. The van der Waals surface area contributed by atoms with Crippen molar-refractivity contribution in [1.82, 2.24) is 0 Å². The van der Waals surface area contributed by atoms with Crippen molar-refractivity contribution in [3.05, 3.63) is 59.7 Å². The Morgan fingerprint density at radius 2 is 1.00 bits per heavy atom. The molecule has 129 valence electrons. The van der Waals surface area contributed by atoms with Gasteiger partial charge in [-0.25, -0.2) is 0 Å². The van der Waals surface area contributed by atoms with Crippen molar-refractivity contribution in [2.75, 3.05) is 0 Å². The topological polar surface area (TPSA) is 18.5 Å². The van der Waals surface area contributed by atoms with E-state index >= 15 is 0 Å². The highest BCUT2D eigenvalue weighted by Crippen LogP contribution is 2.38. The molecule has 2 rings (SSSR count). The van der Waals surface area contributed by atoms with E-state index < -0.39 is 44.3 Å². The highest BCUT2D eigenvalue weighted by Gasteiger charge is 2.36. The monoisotopic (exact) mass is 365 g/mol. The number of hydrogen-bond donors (Lipinski definition) is 0. The molecule has 2 aromatic rings. The van der Waals surface area contributed by atoms with Gasteiger partial charge < -0.3 is 8.85 Å². The lowest BCUT2D eigenvalue weighted by Crippen LogP contribution is -2.28. The number of rotatable bonds is 4. The maximum absolute atomic E-state index is 12.9. The highest BCUT2D eigenvalue weighted by molar-refractivity contribution is 6.44. The molecule has 24 heavy (non-hydrogen) atoms. The Bertz CT molecular complexity index is 639. The van der Waals surface area contributed by atoms with Gasteiger partial charge in [-0.2, -0.15) is 26.3 Å². The molecular formula is C15H11F6O2Si. The first kappa shape index (κ1) is 18.2. The molecule has 0 aliphatic heterocycles. The average molecular weight is 365 g/mol. The molecule has 0 aliphatic carbocycles. The smallest absolute Gasteiger partial charge is 0.509 e. The van der Waals surface area contributed by atoms with Crippen LogP contribution in [0.1, 0.15) is 11.1 Å². The van der Waals surface area contributed by atoms with Crippen LogP contribution in [0.5, 0.6) is 11.5 Å². The summed E-state index contributed by atoms with van der Waals surface area (Å²) in [4.78, 5) is 0. The molecular weight excluding hydrogens is 354 g/mol. The van der Waals surface area contributed by atoms with Crippen molar-refractivity contribution < 1.29 is 35.2 Å². The molecule has 0 aromatic heterocycles. The molecule has 0 fully saturated rings. The fourth-order valence-corrected chi connectivity index (χ4v) is 2.93. The molecule has 0 spiro atoms. The van der Waals surface area contributed by atoms with Gasteiger partial charge in [-0.05, 0) is 24.3 Å². The van der Waals surface area contributed by atoms with E-state index in [1.54, 1.807) is 0 Å². The molecule has 1 radical (unpaired) electrons. The minimum Gasteiger partial charge on any atom is -0.509 e. The average Bonchev–Trinajstić information content (AvgIpc) is 2.46. The van der Waals surface area contributed by atoms with Gasteiger partial charge in [0.2, 0.25) is 0 Å². The zero-order valence-corrected chi connectivity index (χ0v) is 13.2. The molecule has 9 heteroatoms. The third-order valence-electron chi connectivity index (χ3n) is 2.89. The fraction of sp³-hybridized carbons (Fsp3) is 0.200. The van der Waals surface area contributed by atoms with Crippen LogP contribution in [-0.2, 0) is 12.4 Å². The van der Waals surface area contributed by atoms with E-state index in [4.69, 9.17) is 8.85 Å². The Morgan fingerprint density at radius 3 is 1.33 bits per heavy atom. The molecule has 2 nitrogen and oxygen atoms in total. The molecule has 0 heterocycles. The predicted molar refractivity (Wildman–Crippen MR) is 75.8 cm³/mol. The van der Waals surface area contributed by atoms with E-state index in [0.29, 0.717) is 0 Å². The summed E-state index contributed by atoms with van der Waals surface area (Å²) in [5.74, 6) is -0.961. The van der Waals surface area contributed by atoms with Crippen LogP contribution >= 0.6 is 0 Å². The number of benzene rings is 2. The lowest BCUT2D eigenvalue weighted by atomic mass is 10.2. The van der Waals surface area contributed by atoms with Crippen molar-refractivity contribution in [2.24, 2.45) is 0 Å². The Kier molecular flexibility index (Phi) is 5.12. The van der Waals surface area contributed by atoms with Crippen LogP contribution in [0.15, 0.2) is 48.5 Å². The highest BCUT2D eigenvalue weighted by atomic mass is 28.3. The van der Waals surface area contributed by atoms with E-state index in [9.17, 15) is 26.3 Å². The maximum Gasteiger partial charge on any atom is 0.528 e. The molecule has 0 unspecified atom stereocenters. The van der Waals surface area contributed by atoms with Crippen molar-refractivity contribution in [1.29, 1.82) is 0 Å². The van der Waals surface area contributed by atoms with Crippen molar-refractivity contribution in [2.45, 2.75) is 18.9 Å². The third kappa shape index (κ3) is 4.44. The van der Waals surface area contributed by atoms with Gasteiger partial charge in [0.05, 0.1) is 11.1 Å². The van der Waals surface area contributed by atoms with Crippen LogP contribution in [0, 0.1) is 0 Å². The summed E-state index contributed by atoms with van der Waals surface area (Å²) in [7, 11) is -2.46. The summed E-state index contributed by atoms with van der Waals surface area (Å²) < 4.78 is 87.6. The van der Waals surface area contributed by atoms with Gasteiger partial charge in [-0.3, -0.25) is 0 Å². The van der Waals surface area contributed by atoms with Gasteiger partial charge in [0, 0.05) is 6.55 Å². The van der Waals surface area contributed by atoms with Gasteiger partial charge >= 0.3 is 21.6 Å². The molecule has 0 aliphatic rings. The standard InChI is InChI=1S/C15H11F6O2Si/c1-24(22-12-8-4-2-6-10(12)14(16,17)18)23-13-9-5-3-7-11(13)15(19,20)21/h2-9H,1H3. The zero-order valence-electron chi connectivity index (χ0n) is 12.2. The number of alkyl halides is 6. The van der Waals surface area contributed by atoms with Gasteiger partial charge in [0.1, 0.15) is 11.5 Å². The van der Waals surface area contributed by atoms with Crippen LogP contribution in [0.4, 0.5) is 26.3 Å². The number of halogens is 6. The van der Waals surface area contributed by atoms with Crippen molar-refractivity contribution >= 4 is 9.28 Å². The summed E-state index contributed by atoms with van der Waals surface area (Å²) in [6, 6.07) is 8.90. The van der Waals surface area contributed by atoms with Crippen LogP contribution < -0.4 is 8.85 Å². The SMILES string of the molecule is C[Si](Oc1ccccc1C(F)(F)F)Oc1ccccc1C(F)(F)F. The largest absolute Gasteiger partial charge is 0.528 e. The second-order valence-electron chi connectivity index (χ2n) is 4.68. The van der Waals surface area contributed by atoms with Crippen molar-refractivity contribution in [3.8, 4) is 11.5 Å². The molecule has 2 aromatic carbocycles. The van der Waals surface area contributed by atoms with Crippen LogP contribution in [-0.4, -0.2) is 9.28 Å². The molecule has 0 saturated carbocycles. The summed E-state index contributed by atoms with van der Waals surface area (Å²) in [6.07, 6.45) is -9.27. The van der Waals surface area contributed by atoms with E-state index in [2.05, 4.69) is 0 Å². The summed E-state index contributed by atoms with van der Waals surface area (Å²) in [5, 5.41) is 0. The normalized spacial score (nSPS) is 12.3. The Hall–Kier alpha value is -2.16. The van der Waals surface area contributed by atoms with Crippen LogP contribution in [0.2, 0.25) is 6.55 Å². The van der Waals surface area contributed by atoms with Crippen molar-refractivity contribution in [3.63, 3.8) is 0 Å². The first-order valence-electron chi connectivity index (χ1n) is 6.61. The lowest BCUT2D eigenvalue weighted by Gasteiger charge is -2.19. The minimum absolute atomic E-state index is 0.481. The Balaban J connectivity index is 2.21. The first-order valence-corrected chi connectivity index (χ1v) is 8.42. The van der Waals surface area contributed by atoms with Crippen LogP contribution in [0.25, 0.3) is 0 Å². The van der Waals surface area contributed by atoms with Crippen LogP contribution in [0.3, 0.4) is 0 Å². The zero-order chi connectivity index (χ0) is 18.0. The molecule has 0 atom stereocenters. The van der Waals surface area contributed by atoms with E-state index in [0.717, 1.165) is 24.3 Å². The second kappa shape index (κ2) is 6.76. The van der Waals surface area contributed by atoms with E-state index in [1.807, 2.05) is 0 Å². The fourth-order valence-electron chi connectivity index (χ4n) is 1.91. The van der Waals surface area contributed by atoms with Gasteiger partial charge in [0.25, 0.3) is 0 Å². The predicted octanol–water partition coefficient (Wildman–Crippen LogP) is 5.30. The third-order valence-corrected chi connectivity index (χ3v) is 3.91. The maximum atomic E-state index is 12.9. The molecule has 0 bridgehead atoms. The molecule has 0 N–H and O–H groups in total. The Labute approximate surface area is 135 Å². The quantitative estimate of drug-likeness (QED) is 0.541. The van der Waals surface area contributed by atoms with E-state index in [-0.39, 0.29) is 0 Å². The summed E-state index contributed by atoms with van der Waals surface area (Å²) >= 11 is 0.